The van der Waals surface area contributed by atoms with E-state index in [9.17, 15) is 14.0 Å². The number of hydrogen-bond acceptors (Lipinski definition) is 7. The molecule has 0 spiro atoms. The summed E-state index contributed by atoms with van der Waals surface area (Å²) in [5.41, 5.74) is 0.892. The normalized spacial score (nSPS) is 10.7. The van der Waals surface area contributed by atoms with Gasteiger partial charge in [-0.05, 0) is 26.0 Å². The maximum atomic E-state index is 13.7. The molecule has 0 atom stereocenters. The minimum Gasteiger partial charge on any atom is -0.351 e. The molecular weight excluding hydrogens is 451 g/mol. The highest BCUT2D eigenvalue weighted by atomic mass is 32.2. The van der Waals surface area contributed by atoms with Gasteiger partial charge in [0.1, 0.15) is 11.6 Å². The number of anilines is 1. The number of aromatic nitrogens is 4. The Morgan fingerprint density at radius 3 is 2.75 bits per heavy atom. The number of carbonyl (C=O) groups is 2. The largest absolute Gasteiger partial charge is 0.351 e. The first-order valence-corrected chi connectivity index (χ1v) is 11.6. The molecule has 2 amide bonds. The van der Waals surface area contributed by atoms with E-state index in [1.54, 1.807) is 12.1 Å². The minimum absolute atomic E-state index is 0.00654. The van der Waals surface area contributed by atoms with Crippen LogP contribution in [0.2, 0.25) is 0 Å². The van der Waals surface area contributed by atoms with Gasteiger partial charge in [0.25, 0.3) is 5.91 Å². The Hall–Kier alpha value is -3.05. The second kappa shape index (κ2) is 11.0. The molecule has 32 heavy (non-hydrogen) atoms. The second-order valence-corrected chi connectivity index (χ2v) is 8.93. The number of thioether (sulfide) groups is 1. The van der Waals surface area contributed by atoms with Crippen LogP contribution in [-0.4, -0.2) is 43.9 Å². The number of rotatable bonds is 10. The number of carbonyl (C=O) groups excluding carboxylic acids is 2. The summed E-state index contributed by atoms with van der Waals surface area (Å²) in [6.07, 6.45) is 2.10. The Balaban J connectivity index is 1.56. The van der Waals surface area contributed by atoms with Crippen molar-refractivity contribution in [2.75, 3.05) is 17.6 Å². The molecule has 3 aromatic rings. The van der Waals surface area contributed by atoms with Crippen molar-refractivity contribution in [3.63, 3.8) is 0 Å². The van der Waals surface area contributed by atoms with Gasteiger partial charge in [-0.25, -0.2) is 9.37 Å². The molecule has 2 aromatic heterocycles. The van der Waals surface area contributed by atoms with Crippen LogP contribution in [0, 0.1) is 19.7 Å². The summed E-state index contributed by atoms with van der Waals surface area (Å²) in [5, 5.41) is 15.0. The van der Waals surface area contributed by atoms with Crippen molar-refractivity contribution < 1.29 is 14.0 Å². The molecule has 1 aromatic carbocycles. The Labute approximate surface area is 193 Å². The van der Waals surface area contributed by atoms with E-state index in [1.807, 2.05) is 18.4 Å². The maximum Gasteiger partial charge on any atom is 0.254 e. The molecular formula is C21H23FN6O2S2. The van der Waals surface area contributed by atoms with Crippen molar-refractivity contribution in [2.45, 2.75) is 32.0 Å². The number of thiazole rings is 1. The molecule has 0 aliphatic heterocycles. The first kappa shape index (κ1) is 23.6. The van der Waals surface area contributed by atoms with Gasteiger partial charge in [-0.1, -0.05) is 30.0 Å². The smallest absolute Gasteiger partial charge is 0.254 e. The van der Waals surface area contributed by atoms with Crippen molar-refractivity contribution in [3.05, 3.63) is 64.7 Å². The van der Waals surface area contributed by atoms with Crippen LogP contribution >= 0.6 is 23.1 Å². The molecule has 0 radical (unpaired) electrons. The molecule has 2 N–H and O–H groups in total. The van der Waals surface area contributed by atoms with Crippen molar-refractivity contribution in [1.29, 1.82) is 0 Å². The fourth-order valence-corrected chi connectivity index (χ4v) is 4.36. The Kier molecular flexibility index (Phi) is 8.12. The Morgan fingerprint density at radius 2 is 2.06 bits per heavy atom. The summed E-state index contributed by atoms with van der Waals surface area (Å²) in [5.74, 6) is -0.461. The lowest BCUT2D eigenvalue weighted by atomic mass is 10.2. The van der Waals surface area contributed by atoms with Gasteiger partial charge in [-0.15, -0.1) is 28.1 Å². The van der Waals surface area contributed by atoms with E-state index >= 15 is 0 Å². The van der Waals surface area contributed by atoms with Crippen LogP contribution in [0.4, 0.5) is 9.52 Å². The van der Waals surface area contributed by atoms with E-state index in [4.69, 9.17) is 0 Å². The third kappa shape index (κ3) is 6.01. The average molecular weight is 475 g/mol. The lowest BCUT2D eigenvalue weighted by molar-refractivity contribution is -0.113. The second-order valence-electron chi connectivity index (χ2n) is 6.78. The van der Waals surface area contributed by atoms with E-state index in [-0.39, 0.29) is 23.8 Å². The lowest BCUT2D eigenvalue weighted by Crippen LogP contribution is -2.27. The molecule has 168 valence electrons. The fraction of sp³-hybridized carbons (Fsp3) is 0.286. The van der Waals surface area contributed by atoms with Crippen LogP contribution in [0.3, 0.4) is 0 Å². The van der Waals surface area contributed by atoms with E-state index < -0.39 is 11.7 Å². The highest BCUT2D eigenvalue weighted by Crippen LogP contribution is 2.22. The SMILES string of the molecule is C=CCn1c(CCNC(=O)c2ccccc2F)nnc1SCC(=O)Nc1nc(C)c(C)s1. The van der Waals surface area contributed by atoms with Gasteiger partial charge in [0, 0.05) is 24.4 Å². The van der Waals surface area contributed by atoms with E-state index in [0.29, 0.717) is 29.1 Å². The number of benzene rings is 1. The molecule has 0 aliphatic carbocycles. The number of nitrogens with one attached hydrogen (secondary N) is 2. The number of amides is 2. The van der Waals surface area contributed by atoms with Gasteiger partial charge < -0.3 is 15.2 Å². The zero-order valence-electron chi connectivity index (χ0n) is 17.7. The molecule has 11 heteroatoms. The molecule has 2 heterocycles. The van der Waals surface area contributed by atoms with Crippen molar-refractivity contribution in [3.8, 4) is 0 Å². The number of hydrogen-bond donors (Lipinski definition) is 2. The van der Waals surface area contributed by atoms with Crippen LogP contribution in [-0.2, 0) is 17.8 Å². The Bertz CT molecular complexity index is 1110. The quantitative estimate of drug-likeness (QED) is 0.345. The average Bonchev–Trinajstić information content (AvgIpc) is 3.29. The first-order valence-electron chi connectivity index (χ1n) is 9.81. The van der Waals surface area contributed by atoms with Crippen LogP contribution in [0.1, 0.15) is 26.8 Å². The molecule has 0 bridgehead atoms. The predicted octanol–water partition coefficient (Wildman–Crippen LogP) is 3.38. The number of nitrogens with zero attached hydrogens (tertiary/aromatic N) is 4. The topological polar surface area (TPSA) is 102 Å². The zero-order chi connectivity index (χ0) is 23.1. The van der Waals surface area contributed by atoms with E-state index in [2.05, 4.69) is 32.4 Å². The van der Waals surface area contributed by atoms with E-state index in [1.165, 1.54) is 41.3 Å². The van der Waals surface area contributed by atoms with Gasteiger partial charge >= 0.3 is 0 Å². The lowest BCUT2D eigenvalue weighted by Gasteiger charge is -2.09. The van der Waals surface area contributed by atoms with Crippen LogP contribution in [0.25, 0.3) is 0 Å². The number of allylic oxidation sites excluding steroid dienone is 1. The summed E-state index contributed by atoms with van der Waals surface area (Å²) in [4.78, 5) is 29.8. The highest BCUT2D eigenvalue weighted by Gasteiger charge is 2.16. The van der Waals surface area contributed by atoms with Crippen LogP contribution in [0.15, 0.2) is 42.1 Å². The third-order valence-electron chi connectivity index (χ3n) is 4.47. The molecule has 0 aliphatic rings. The van der Waals surface area contributed by atoms with Crippen molar-refractivity contribution in [1.82, 2.24) is 25.1 Å². The van der Waals surface area contributed by atoms with Crippen LogP contribution < -0.4 is 10.6 Å². The van der Waals surface area contributed by atoms with E-state index in [0.717, 1.165) is 10.6 Å². The van der Waals surface area contributed by atoms with Gasteiger partial charge in [0.05, 0.1) is 17.0 Å². The summed E-state index contributed by atoms with van der Waals surface area (Å²) in [7, 11) is 0. The standard InChI is InChI=1S/C21H23FN6O2S2/c1-4-11-28-17(9-10-23-19(30)15-7-5-6-8-16(15)22)26-27-21(28)31-12-18(29)25-20-24-13(2)14(3)32-20/h4-8H,1,9-12H2,2-3H3,(H,23,30)(H,24,25,29). The van der Waals surface area contributed by atoms with Crippen molar-refractivity contribution >= 4 is 40.0 Å². The van der Waals surface area contributed by atoms with Crippen molar-refractivity contribution in [2.24, 2.45) is 0 Å². The molecule has 0 saturated carbocycles. The maximum absolute atomic E-state index is 13.7. The molecule has 0 saturated heterocycles. The molecule has 0 fully saturated rings. The number of aryl methyl sites for hydroxylation is 2. The Morgan fingerprint density at radius 1 is 1.28 bits per heavy atom. The van der Waals surface area contributed by atoms with Gasteiger partial charge in [-0.3, -0.25) is 9.59 Å². The van der Waals surface area contributed by atoms with Gasteiger partial charge in [0.15, 0.2) is 10.3 Å². The summed E-state index contributed by atoms with van der Waals surface area (Å²) in [6, 6.07) is 5.81. The van der Waals surface area contributed by atoms with Gasteiger partial charge in [0.2, 0.25) is 5.91 Å². The number of halogens is 1. The molecule has 8 nitrogen and oxygen atoms in total. The fourth-order valence-electron chi connectivity index (χ4n) is 2.76. The highest BCUT2D eigenvalue weighted by molar-refractivity contribution is 7.99. The molecule has 3 rings (SSSR count). The zero-order valence-corrected chi connectivity index (χ0v) is 19.4. The third-order valence-corrected chi connectivity index (χ3v) is 6.42. The summed E-state index contributed by atoms with van der Waals surface area (Å²) < 4.78 is 15.6. The predicted molar refractivity (Wildman–Crippen MR) is 124 cm³/mol. The van der Waals surface area contributed by atoms with Crippen LogP contribution in [0.5, 0.6) is 0 Å². The first-order chi connectivity index (χ1) is 15.4. The minimum atomic E-state index is -0.570. The summed E-state index contributed by atoms with van der Waals surface area (Å²) >= 11 is 2.69. The monoisotopic (exact) mass is 474 g/mol. The summed E-state index contributed by atoms with van der Waals surface area (Å²) in [6.45, 7) is 8.32. The van der Waals surface area contributed by atoms with Gasteiger partial charge in [-0.2, -0.15) is 0 Å². The molecule has 0 unspecified atom stereocenters.